The van der Waals surface area contributed by atoms with Gasteiger partial charge in [0.05, 0.1) is 16.2 Å². The molecule has 0 unspecified atom stereocenters. The molecule has 0 saturated carbocycles. The topological polar surface area (TPSA) is 56.2 Å². The number of ether oxygens (including phenoxy) is 1. The van der Waals surface area contributed by atoms with Crippen LogP contribution in [0.25, 0.3) is 16.6 Å². The SMILES string of the molecule is CNc1nc(=O)n(-c2ccccc2Cl)c2cc(OC(F)(F)F)ccc12. The molecule has 0 bridgehead atoms. The predicted molar refractivity (Wildman–Crippen MR) is 88.6 cm³/mol. The number of anilines is 1. The summed E-state index contributed by atoms with van der Waals surface area (Å²) in [6, 6.07) is 10.1. The van der Waals surface area contributed by atoms with Gasteiger partial charge in [0.15, 0.2) is 0 Å². The Morgan fingerprint density at radius 3 is 2.56 bits per heavy atom. The number of rotatable bonds is 3. The Bertz CT molecular complexity index is 1000. The Kier molecular flexibility index (Phi) is 4.30. The predicted octanol–water partition coefficient (Wildman–Crippen LogP) is 3.98. The number of aromatic nitrogens is 2. The summed E-state index contributed by atoms with van der Waals surface area (Å²) in [6.45, 7) is 0. The second kappa shape index (κ2) is 6.29. The van der Waals surface area contributed by atoms with E-state index in [2.05, 4.69) is 15.0 Å². The van der Waals surface area contributed by atoms with Crippen LogP contribution in [-0.4, -0.2) is 23.0 Å². The molecule has 5 nitrogen and oxygen atoms in total. The minimum atomic E-state index is -4.85. The van der Waals surface area contributed by atoms with Crippen molar-refractivity contribution in [2.45, 2.75) is 6.36 Å². The van der Waals surface area contributed by atoms with Crippen LogP contribution in [0.15, 0.2) is 47.3 Å². The number of benzene rings is 2. The van der Waals surface area contributed by atoms with E-state index in [-0.39, 0.29) is 16.4 Å². The van der Waals surface area contributed by atoms with Crippen molar-refractivity contribution in [1.82, 2.24) is 9.55 Å². The van der Waals surface area contributed by atoms with Gasteiger partial charge < -0.3 is 10.1 Å². The Labute approximate surface area is 144 Å². The molecule has 25 heavy (non-hydrogen) atoms. The van der Waals surface area contributed by atoms with Gasteiger partial charge in [0.2, 0.25) is 0 Å². The van der Waals surface area contributed by atoms with Crippen molar-refractivity contribution >= 4 is 28.3 Å². The number of hydrogen-bond acceptors (Lipinski definition) is 4. The average Bonchev–Trinajstić information content (AvgIpc) is 2.53. The molecule has 0 saturated heterocycles. The first-order valence-corrected chi connectivity index (χ1v) is 7.43. The van der Waals surface area contributed by atoms with Crippen LogP contribution in [0.3, 0.4) is 0 Å². The molecule has 0 fully saturated rings. The number of hydrogen-bond donors (Lipinski definition) is 1. The van der Waals surface area contributed by atoms with E-state index in [4.69, 9.17) is 11.6 Å². The van der Waals surface area contributed by atoms with E-state index in [1.165, 1.54) is 6.07 Å². The number of fused-ring (bicyclic) bond motifs is 1. The molecule has 130 valence electrons. The van der Waals surface area contributed by atoms with Gasteiger partial charge in [-0.1, -0.05) is 23.7 Å². The maximum atomic E-state index is 12.5. The van der Waals surface area contributed by atoms with Gasteiger partial charge in [-0.25, -0.2) is 4.79 Å². The van der Waals surface area contributed by atoms with E-state index < -0.39 is 17.8 Å². The molecular formula is C16H11ClF3N3O2. The Morgan fingerprint density at radius 1 is 1.20 bits per heavy atom. The largest absolute Gasteiger partial charge is 0.573 e. The van der Waals surface area contributed by atoms with E-state index in [1.54, 1.807) is 31.3 Å². The van der Waals surface area contributed by atoms with Crippen LogP contribution in [0, 0.1) is 0 Å². The first kappa shape index (κ1) is 17.1. The second-order valence-electron chi connectivity index (χ2n) is 5.01. The molecule has 9 heteroatoms. The van der Waals surface area contributed by atoms with E-state index in [0.717, 1.165) is 16.7 Å². The maximum Gasteiger partial charge on any atom is 0.573 e. The molecular weight excluding hydrogens is 359 g/mol. The van der Waals surface area contributed by atoms with Crippen molar-refractivity contribution in [2.24, 2.45) is 0 Å². The van der Waals surface area contributed by atoms with E-state index in [0.29, 0.717) is 11.1 Å². The van der Waals surface area contributed by atoms with Gasteiger partial charge in [0.1, 0.15) is 11.6 Å². The molecule has 1 aromatic heterocycles. The Hall–Kier alpha value is -2.74. The van der Waals surface area contributed by atoms with Gasteiger partial charge >= 0.3 is 12.1 Å². The number of alkyl halides is 3. The monoisotopic (exact) mass is 369 g/mol. The highest BCUT2D eigenvalue weighted by atomic mass is 35.5. The summed E-state index contributed by atoms with van der Waals surface area (Å²) in [5, 5.41) is 3.45. The average molecular weight is 370 g/mol. The zero-order valence-corrected chi connectivity index (χ0v) is 13.5. The van der Waals surface area contributed by atoms with Crippen molar-refractivity contribution in [3.8, 4) is 11.4 Å². The fourth-order valence-corrected chi connectivity index (χ4v) is 2.68. The lowest BCUT2D eigenvalue weighted by Crippen LogP contribution is -2.23. The third kappa shape index (κ3) is 3.39. The number of para-hydroxylation sites is 1. The highest BCUT2D eigenvalue weighted by Gasteiger charge is 2.31. The summed E-state index contributed by atoms with van der Waals surface area (Å²) in [6.07, 6.45) is -4.85. The molecule has 3 aromatic rings. The summed E-state index contributed by atoms with van der Waals surface area (Å²) in [5.74, 6) is -0.213. The smallest absolute Gasteiger partial charge is 0.406 e. The molecule has 0 amide bonds. The van der Waals surface area contributed by atoms with Gasteiger partial charge in [-0.15, -0.1) is 13.2 Å². The molecule has 0 atom stereocenters. The number of halogens is 4. The molecule has 2 aromatic carbocycles. The Balaban J connectivity index is 2.35. The van der Waals surface area contributed by atoms with E-state index in [9.17, 15) is 18.0 Å². The molecule has 1 heterocycles. The fourth-order valence-electron chi connectivity index (χ4n) is 2.46. The quantitative estimate of drug-likeness (QED) is 0.758. The minimum Gasteiger partial charge on any atom is -0.406 e. The van der Waals surface area contributed by atoms with Gasteiger partial charge in [-0.3, -0.25) is 4.57 Å². The third-order valence-electron chi connectivity index (χ3n) is 3.43. The van der Waals surface area contributed by atoms with Crippen LogP contribution >= 0.6 is 11.6 Å². The molecule has 1 N–H and O–H groups in total. The van der Waals surface area contributed by atoms with E-state index >= 15 is 0 Å². The first-order valence-electron chi connectivity index (χ1n) is 7.05. The number of nitrogens with zero attached hydrogens (tertiary/aromatic N) is 2. The molecule has 0 radical (unpaired) electrons. The Morgan fingerprint density at radius 2 is 1.92 bits per heavy atom. The molecule has 0 aliphatic rings. The van der Waals surface area contributed by atoms with Crippen LogP contribution in [0.4, 0.5) is 19.0 Å². The fraction of sp³-hybridized carbons (Fsp3) is 0.125. The number of nitrogens with one attached hydrogen (secondary N) is 1. The van der Waals surface area contributed by atoms with Crippen molar-refractivity contribution in [1.29, 1.82) is 0 Å². The zero-order valence-electron chi connectivity index (χ0n) is 12.8. The lowest BCUT2D eigenvalue weighted by atomic mass is 10.2. The van der Waals surface area contributed by atoms with Crippen LogP contribution in [0.2, 0.25) is 5.02 Å². The summed E-state index contributed by atoms with van der Waals surface area (Å²) >= 11 is 6.14. The standard InChI is InChI=1S/C16H11ClF3N3O2/c1-21-14-10-7-6-9(25-16(18,19)20)8-13(10)23(15(24)22-14)12-5-3-2-4-11(12)17/h2-8H,1H3,(H,21,22,24). The maximum absolute atomic E-state index is 12.5. The van der Waals surface area contributed by atoms with Crippen molar-refractivity contribution in [3.63, 3.8) is 0 Å². The summed E-state index contributed by atoms with van der Waals surface area (Å²) < 4.78 is 42.6. The van der Waals surface area contributed by atoms with Crippen molar-refractivity contribution in [3.05, 3.63) is 58.0 Å². The first-order chi connectivity index (χ1) is 11.8. The second-order valence-corrected chi connectivity index (χ2v) is 5.41. The van der Waals surface area contributed by atoms with Gasteiger partial charge in [-0.05, 0) is 24.3 Å². The highest BCUT2D eigenvalue weighted by Crippen LogP contribution is 2.30. The third-order valence-corrected chi connectivity index (χ3v) is 3.75. The molecule has 0 aliphatic carbocycles. The van der Waals surface area contributed by atoms with Crippen LogP contribution in [0.5, 0.6) is 5.75 Å². The molecule has 0 aliphatic heterocycles. The summed E-state index contributed by atoms with van der Waals surface area (Å²) in [5.41, 5.74) is -0.202. The summed E-state index contributed by atoms with van der Waals surface area (Å²) in [4.78, 5) is 16.4. The van der Waals surface area contributed by atoms with Crippen molar-refractivity contribution < 1.29 is 17.9 Å². The summed E-state index contributed by atoms with van der Waals surface area (Å²) in [7, 11) is 1.56. The van der Waals surface area contributed by atoms with E-state index in [1.807, 2.05) is 0 Å². The lowest BCUT2D eigenvalue weighted by molar-refractivity contribution is -0.274. The van der Waals surface area contributed by atoms with Crippen LogP contribution in [-0.2, 0) is 0 Å². The van der Waals surface area contributed by atoms with Crippen LogP contribution < -0.4 is 15.7 Å². The highest BCUT2D eigenvalue weighted by molar-refractivity contribution is 6.32. The van der Waals surface area contributed by atoms with Gasteiger partial charge in [-0.2, -0.15) is 4.98 Å². The van der Waals surface area contributed by atoms with Crippen LogP contribution in [0.1, 0.15) is 0 Å². The van der Waals surface area contributed by atoms with Gasteiger partial charge in [0.25, 0.3) is 0 Å². The molecule has 3 rings (SSSR count). The van der Waals surface area contributed by atoms with Gasteiger partial charge in [0, 0.05) is 18.5 Å². The lowest BCUT2D eigenvalue weighted by Gasteiger charge is -2.15. The van der Waals surface area contributed by atoms with Crippen molar-refractivity contribution in [2.75, 3.05) is 12.4 Å². The molecule has 0 spiro atoms. The minimum absolute atomic E-state index is 0.180. The zero-order chi connectivity index (χ0) is 18.2. The normalized spacial score (nSPS) is 11.6.